The summed E-state index contributed by atoms with van der Waals surface area (Å²) < 4.78 is 12.3. The Morgan fingerprint density at radius 3 is 2.79 bits per heavy atom. The normalized spacial score (nSPS) is 16.4. The second kappa shape index (κ2) is 6.73. The maximum atomic E-state index is 5.94. The van der Waals surface area contributed by atoms with Gasteiger partial charge in [0.15, 0.2) is 0 Å². The summed E-state index contributed by atoms with van der Waals surface area (Å²) in [6, 6.07) is 4.92. The molecule has 1 aliphatic carbocycles. The molecule has 0 saturated heterocycles. The van der Waals surface area contributed by atoms with Crippen molar-refractivity contribution in [3.05, 3.63) is 27.7 Å². The van der Waals surface area contributed by atoms with E-state index in [1.165, 1.54) is 18.4 Å². The van der Waals surface area contributed by atoms with Gasteiger partial charge in [-0.05, 0) is 44.4 Å². The molecule has 0 spiro atoms. The third-order valence-electron chi connectivity index (χ3n) is 3.34. The molecule has 4 heteroatoms. The van der Waals surface area contributed by atoms with Crippen LogP contribution in [-0.2, 0) is 11.3 Å². The van der Waals surface area contributed by atoms with Gasteiger partial charge in [-0.15, -0.1) is 0 Å². The van der Waals surface area contributed by atoms with Gasteiger partial charge in [-0.25, -0.2) is 0 Å². The third kappa shape index (κ3) is 4.48. The predicted molar refractivity (Wildman–Crippen MR) is 80.7 cm³/mol. The zero-order valence-electron chi connectivity index (χ0n) is 11.8. The fraction of sp³-hybridized carbons (Fsp3) is 0.600. The molecular weight excluding hydrogens is 306 g/mol. The fourth-order valence-electron chi connectivity index (χ4n) is 1.95. The van der Waals surface area contributed by atoms with Crippen molar-refractivity contribution in [3.8, 4) is 5.75 Å². The first kappa shape index (κ1) is 14.8. The van der Waals surface area contributed by atoms with Crippen molar-refractivity contribution in [1.82, 2.24) is 5.32 Å². The average molecular weight is 328 g/mol. The van der Waals surface area contributed by atoms with E-state index in [1.54, 1.807) is 7.11 Å². The molecule has 0 radical (unpaired) electrons. The molecule has 3 nitrogen and oxygen atoms in total. The fourth-order valence-corrected chi connectivity index (χ4v) is 2.57. The number of benzene rings is 1. The second-order valence-electron chi connectivity index (χ2n) is 5.22. The lowest BCUT2D eigenvalue weighted by molar-refractivity contribution is 0.0710. The van der Waals surface area contributed by atoms with Crippen LogP contribution in [0.15, 0.2) is 16.6 Å². The minimum atomic E-state index is 0.104. The van der Waals surface area contributed by atoms with Gasteiger partial charge in [-0.1, -0.05) is 15.9 Å². The highest BCUT2D eigenvalue weighted by atomic mass is 79.9. The molecule has 1 aromatic carbocycles. The molecule has 19 heavy (non-hydrogen) atoms. The van der Waals surface area contributed by atoms with Crippen LogP contribution in [0.4, 0.5) is 0 Å². The minimum Gasteiger partial charge on any atom is -0.490 e. The number of aryl methyl sites for hydroxylation is 1. The number of hydrogen-bond acceptors (Lipinski definition) is 3. The van der Waals surface area contributed by atoms with E-state index in [2.05, 4.69) is 40.3 Å². The summed E-state index contributed by atoms with van der Waals surface area (Å²) in [5, 5.41) is 3.54. The summed E-state index contributed by atoms with van der Waals surface area (Å²) in [4.78, 5) is 0. The van der Waals surface area contributed by atoms with E-state index in [0.717, 1.165) is 22.3 Å². The van der Waals surface area contributed by atoms with Crippen molar-refractivity contribution in [2.24, 2.45) is 0 Å². The lowest BCUT2D eigenvalue weighted by Gasteiger charge is -2.17. The van der Waals surface area contributed by atoms with Gasteiger partial charge in [0.25, 0.3) is 0 Å². The summed E-state index contributed by atoms with van der Waals surface area (Å²) in [5.41, 5.74) is 2.37. The maximum absolute atomic E-state index is 5.94. The zero-order valence-corrected chi connectivity index (χ0v) is 13.4. The minimum absolute atomic E-state index is 0.104. The average Bonchev–Trinajstić information content (AvgIpc) is 3.18. The number of rotatable bonds is 7. The van der Waals surface area contributed by atoms with E-state index < -0.39 is 0 Å². The standard InChI is InChI=1S/C15H22BrNO2/c1-10-6-13(16)7-12(8-17-14-4-5-14)15(10)19-9-11(2)18-3/h6-7,11,14,17H,4-5,8-9H2,1-3H3. The maximum Gasteiger partial charge on any atom is 0.126 e. The van der Waals surface area contributed by atoms with Gasteiger partial charge in [0.05, 0.1) is 6.10 Å². The van der Waals surface area contributed by atoms with E-state index in [0.29, 0.717) is 12.6 Å². The molecule has 1 N–H and O–H groups in total. The molecule has 0 aliphatic heterocycles. The summed E-state index contributed by atoms with van der Waals surface area (Å²) >= 11 is 3.56. The van der Waals surface area contributed by atoms with Crippen LogP contribution in [0.1, 0.15) is 30.9 Å². The van der Waals surface area contributed by atoms with Crippen molar-refractivity contribution in [2.75, 3.05) is 13.7 Å². The Kier molecular flexibility index (Phi) is 5.25. The Hall–Kier alpha value is -0.580. The Balaban J connectivity index is 2.08. The van der Waals surface area contributed by atoms with Crippen LogP contribution < -0.4 is 10.1 Å². The predicted octanol–water partition coefficient (Wildman–Crippen LogP) is 3.42. The van der Waals surface area contributed by atoms with Gasteiger partial charge >= 0.3 is 0 Å². The molecule has 0 bridgehead atoms. The van der Waals surface area contributed by atoms with Crippen molar-refractivity contribution in [2.45, 2.75) is 45.4 Å². The Bertz CT molecular complexity index is 432. The van der Waals surface area contributed by atoms with Crippen molar-refractivity contribution < 1.29 is 9.47 Å². The first-order valence-electron chi connectivity index (χ1n) is 6.78. The van der Waals surface area contributed by atoms with E-state index in [-0.39, 0.29) is 6.10 Å². The molecule has 2 rings (SSSR count). The van der Waals surface area contributed by atoms with E-state index in [4.69, 9.17) is 9.47 Å². The monoisotopic (exact) mass is 327 g/mol. The van der Waals surface area contributed by atoms with Crippen molar-refractivity contribution in [1.29, 1.82) is 0 Å². The molecule has 0 aromatic heterocycles. The molecule has 106 valence electrons. The Morgan fingerprint density at radius 1 is 1.42 bits per heavy atom. The molecule has 1 saturated carbocycles. The van der Waals surface area contributed by atoms with Crippen molar-refractivity contribution >= 4 is 15.9 Å². The van der Waals surface area contributed by atoms with Gasteiger partial charge < -0.3 is 14.8 Å². The second-order valence-corrected chi connectivity index (χ2v) is 6.14. The number of halogens is 1. The highest BCUT2D eigenvalue weighted by Gasteiger charge is 2.21. The summed E-state index contributed by atoms with van der Waals surface area (Å²) in [5.74, 6) is 0.986. The highest BCUT2D eigenvalue weighted by molar-refractivity contribution is 9.10. The zero-order chi connectivity index (χ0) is 13.8. The van der Waals surface area contributed by atoms with E-state index >= 15 is 0 Å². The van der Waals surface area contributed by atoms with Crippen LogP contribution in [0.2, 0.25) is 0 Å². The van der Waals surface area contributed by atoms with Crippen LogP contribution in [0.25, 0.3) is 0 Å². The number of hydrogen-bond donors (Lipinski definition) is 1. The molecule has 1 fully saturated rings. The van der Waals surface area contributed by atoms with Crippen LogP contribution in [0.5, 0.6) is 5.75 Å². The first-order chi connectivity index (χ1) is 9.10. The van der Waals surface area contributed by atoms with E-state index in [9.17, 15) is 0 Å². The Labute approximate surface area is 123 Å². The van der Waals surface area contributed by atoms with Crippen LogP contribution in [0.3, 0.4) is 0 Å². The molecule has 0 amide bonds. The topological polar surface area (TPSA) is 30.5 Å². The van der Waals surface area contributed by atoms with Crippen molar-refractivity contribution in [3.63, 3.8) is 0 Å². The quantitative estimate of drug-likeness (QED) is 0.832. The molecule has 1 atom stereocenters. The molecule has 1 aromatic rings. The Morgan fingerprint density at radius 2 is 2.16 bits per heavy atom. The van der Waals surface area contributed by atoms with Crippen LogP contribution >= 0.6 is 15.9 Å². The van der Waals surface area contributed by atoms with Crippen LogP contribution in [-0.4, -0.2) is 25.9 Å². The summed E-state index contributed by atoms with van der Waals surface area (Å²) in [7, 11) is 1.71. The van der Waals surface area contributed by atoms with Gasteiger partial charge in [0, 0.05) is 29.7 Å². The number of nitrogens with one attached hydrogen (secondary N) is 1. The first-order valence-corrected chi connectivity index (χ1v) is 7.57. The molecule has 1 unspecified atom stereocenters. The molecular formula is C15H22BrNO2. The molecule has 1 aliphatic rings. The van der Waals surface area contributed by atoms with Crippen LogP contribution in [0, 0.1) is 6.92 Å². The number of ether oxygens (including phenoxy) is 2. The van der Waals surface area contributed by atoms with Gasteiger partial charge in [0.2, 0.25) is 0 Å². The van der Waals surface area contributed by atoms with Gasteiger partial charge in [0.1, 0.15) is 12.4 Å². The van der Waals surface area contributed by atoms with E-state index in [1.807, 2.05) is 6.92 Å². The molecule has 0 heterocycles. The van der Waals surface area contributed by atoms with Gasteiger partial charge in [-0.3, -0.25) is 0 Å². The largest absolute Gasteiger partial charge is 0.490 e. The summed E-state index contributed by atoms with van der Waals surface area (Å²) in [6.45, 7) is 5.53. The SMILES string of the molecule is COC(C)COc1c(C)cc(Br)cc1CNC1CC1. The van der Waals surface area contributed by atoms with Gasteiger partial charge in [-0.2, -0.15) is 0 Å². The summed E-state index contributed by atoms with van der Waals surface area (Å²) in [6.07, 6.45) is 2.70. The number of methoxy groups -OCH3 is 1. The third-order valence-corrected chi connectivity index (χ3v) is 3.80. The highest BCUT2D eigenvalue weighted by Crippen LogP contribution is 2.29. The smallest absolute Gasteiger partial charge is 0.126 e. The lowest BCUT2D eigenvalue weighted by atomic mass is 10.1. The lowest BCUT2D eigenvalue weighted by Crippen LogP contribution is -2.19.